The first-order valence-corrected chi connectivity index (χ1v) is 11.2. The molecule has 0 bridgehead atoms. The van der Waals surface area contributed by atoms with Crippen LogP contribution in [0.4, 0.5) is 18.9 Å². The zero-order chi connectivity index (χ0) is 22.4. The summed E-state index contributed by atoms with van der Waals surface area (Å²) in [5, 5.41) is 3.50. The molecule has 1 N–H and O–H groups in total. The maximum Gasteiger partial charge on any atom is 0.416 e. The number of halogens is 3. The van der Waals surface area contributed by atoms with Gasteiger partial charge in [0.05, 0.1) is 5.56 Å². The number of hydrogen-bond acceptors (Lipinski definition) is 4. The quantitative estimate of drug-likeness (QED) is 0.562. The molecule has 6 nitrogen and oxygen atoms in total. The second-order valence-corrected chi connectivity index (χ2v) is 8.27. The van der Waals surface area contributed by atoms with E-state index >= 15 is 0 Å². The van der Waals surface area contributed by atoms with Crippen LogP contribution in [-0.4, -0.2) is 99.2 Å². The van der Waals surface area contributed by atoms with Gasteiger partial charge in [-0.3, -0.25) is 9.89 Å². The van der Waals surface area contributed by atoms with E-state index in [1.807, 2.05) is 4.90 Å². The van der Waals surface area contributed by atoms with Crippen LogP contribution in [0.2, 0.25) is 0 Å². The van der Waals surface area contributed by atoms with Gasteiger partial charge in [-0.1, -0.05) is 13.0 Å². The molecular formula is C22H35F3N6. The predicted molar refractivity (Wildman–Crippen MR) is 120 cm³/mol. The van der Waals surface area contributed by atoms with Crippen molar-refractivity contribution in [3.8, 4) is 0 Å². The molecule has 2 aliphatic rings. The maximum absolute atomic E-state index is 13.0. The lowest BCUT2D eigenvalue weighted by molar-refractivity contribution is -0.137. The lowest BCUT2D eigenvalue weighted by Crippen LogP contribution is -2.56. The van der Waals surface area contributed by atoms with Crippen LogP contribution in [-0.2, 0) is 6.18 Å². The molecule has 31 heavy (non-hydrogen) atoms. The third-order valence-electron chi connectivity index (χ3n) is 6.36. The highest BCUT2D eigenvalue weighted by Crippen LogP contribution is 2.31. The van der Waals surface area contributed by atoms with Crippen LogP contribution in [0.25, 0.3) is 0 Å². The smallest absolute Gasteiger partial charge is 0.368 e. The Morgan fingerprint density at radius 3 is 2.32 bits per heavy atom. The fraction of sp³-hybridized carbons (Fsp3) is 0.682. The van der Waals surface area contributed by atoms with Gasteiger partial charge in [0.1, 0.15) is 0 Å². The van der Waals surface area contributed by atoms with E-state index in [0.717, 1.165) is 64.4 Å². The Hall–Kier alpha value is -2.00. The van der Waals surface area contributed by atoms with Gasteiger partial charge < -0.3 is 20.0 Å². The molecule has 174 valence electrons. The first-order chi connectivity index (χ1) is 14.8. The minimum Gasteiger partial charge on any atom is -0.368 e. The van der Waals surface area contributed by atoms with Crippen LogP contribution in [0.1, 0.15) is 19.4 Å². The number of aliphatic imine (C=N–C) groups is 1. The standard InChI is InChI=1S/C22H35F3N6/c1-4-28-8-10-29(11-9-28)18(2)17-27-21(26-3)31-14-12-30(13-15-31)20-7-5-6-19(16-20)22(23,24)25/h5-7,16,18H,4,8-15,17H2,1-3H3,(H,26,27). The van der Waals surface area contributed by atoms with Gasteiger partial charge >= 0.3 is 6.18 Å². The number of anilines is 1. The summed E-state index contributed by atoms with van der Waals surface area (Å²) in [4.78, 5) is 13.6. The van der Waals surface area contributed by atoms with E-state index in [1.165, 1.54) is 12.1 Å². The average Bonchev–Trinajstić information content (AvgIpc) is 2.79. The number of nitrogens with one attached hydrogen (secondary N) is 1. The molecule has 0 spiro atoms. The number of piperazine rings is 2. The van der Waals surface area contributed by atoms with Gasteiger partial charge in [-0.25, -0.2) is 0 Å². The van der Waals surface area contributed by atoms with Crippen molar-refractivity contribution in [1.82, 2.24) is 20.0 Å². The van der Waals surface area contributed by atoms with Crippen molar-refractivity contribution >= 4 is 11.6 Å². The largest absolute Gasteiger partial charge is 0.416 e. The van der Waals surface area contributed by atoms with E-state index in [9.17, 15) is 13.2 Å². The van der Waals surface area contributed by atoms with E-state index in [1.54, 1.807) is 13.1 Å². The highest BCUT2D eigenvalue weighted by Gasteiger charge is 2.31. The summed E-state index contributed by atoms with van der Waals surface area (Å²) in [6.07, 6.45) is -4.32. The molecule has 1 aromatic carbocycles. The van der Waals surface area contributed by atoms with Crippen molar-refractivity contribution in [3.05, 3.63) is 29.8 Å². The lowest BCUT2D eigenvalue weighted by atomic mass is 10.1. The van der Waals surface area contributed by atoms with Crippen LogP contribution >= 0.6 is 0 Å². The van der Waals surface area contributed by atoms with Crippen molar-refractivity contribution < 1.29 is 13.2 Å². The molecule has 2 heterocycles. The monoisotopic (exact) mass is 440 g/mol. The Balaban J connectivity index is 1.48. The molecule has 0 aliphatic carbocycles. The number of rotatable bonds is 5. The molecule has 0 aromatic heterocycles. The fourth-order valence-electron chi connectivity index (χ4n) is 4.28. The van der Waals surface area contributed by atoms with E-state index in [4.69, 9.17) is 0 Å². The first-order valence-electron chi connectivity index (χ1n) is 11.2. The topological polar surface area (TPSA) is 37.4 Å². The van der Waals surface area contributed by atoms with E-state index in [2.05, 4.69) is 38.9 Å². The van der Waals surface area contributed by atoms with Crippen molar-refractivity contribution in [3.63, 3.8) is 0 Å². The number of likely N-dealkylation sites (N-methyl/N-ethyl adjacent to an activating group) is 1. The van der Waals surface area contributed by atoms with Crippen LogP contribution in [0, 0.1) is 0 Å². The molecular weight excluding hydrogens is 405 g/mol. The SMILES string of the molecule is CCN1CCN(C(C)CNC(=NC)N2CCN(c3cccc(C(F)(F)F)c3)CC2)CC1. The molecule has 2 aliphatic heterocycles. The van der Waals surface area contributed by atoms with Crippen molar-refractivity contribution in [1.29, 1.82) is 0 Å². The molecule has 2 saturated heterocycles. The van der Waals surface area contributed by atoms with E-state index in [-0.39, 0.29) is 0 Å². The molecule has 2 fully saturated rings. The Kier molecular flexibility index (Phi) is 8.05. The molecule has 1 atom stereocenters. The second kappa shape index (κ2) is 10.5. The summed E-state index contributed by atoms with van der Waals surface area (Å²) >= 11 is 0. The Labute approximate surface area is 183 Å². The Morgan fingerprint density at radius 2 is 1.74 bits per heavy atom. The average molecular weight is 441 g/mol. The number of nitrogens with zero attached hydrogens (tertiary/aromatic N) is 5. The van der Waals surface area contributed by atoms with Crippen LogP contribution in [0.5, 0.6) is 0 Å². The van der Waals surface area contributed by atoms with Crippen molar-refractivity contribution in [2.75, 3.05) is 77.4 Å². The van der Waals surface area contributed by atoms with Crippen LogP contribution in [0.3, 0.4) is 0 Å². The molecule has 0 amide bonds. The highest BCUT2D eigenvalue weighted by atomic mass is 19.4. The third kappa shape index (κ3) is 6.26. The Bertz CT molecular complexity index is 722. The van der Waals surface area contributed by atoms with Gasteiger partial charge in [0.15, 0.2) is 5.96 Å². The zero-order valence-corrected chi connectivity index (χ0v) is 18.8. The van der Waals surface area contributed by atoms with Gasteiger partial charge in [-0.2, -0.15) is 13.2 Å². The summed E-state index contributed by atoms with van der Waals surface area (Å²) < 4.78 is 39.0. The summed E-state index contributed by atoms with van der Waals surface area (Å²) in [6, 6.07) is 6.00. The van der Waals surface area contributed by atoms with Gasteiger partial charge in [0, 0.05) is 77.7 Å². The van der Waals surface area contributed by atoms with Gasteiger partial charge in [-0.15, -0.1) is 0 Å². The van der Waals surface area contributed by atoms with E-state index in [0.29, 0.717) is 24.8 Å². The molecule has 9 heteroatoms. The molecule has 0 saturated carbocycles. The molecule has 1 aromatic rings. The van der Waals surface area contributed by atoms with E-state index < -0.39 is 11.7 Å². The van der Waals surface area contributed by atoms with Gasteiger partial charge in [-0.05, 0) is 31.7 Å². The zero-order valence-electron chi connectivity index (χ0n) is 18.8. The number of benzene rings is 1. The minimum absolute atomic E-state index is 0.419. The van der Waals surface area contributed by atoms with Crippen molar-refractivity contribution in [2.24, 2.45) is 4.99 Å². The second-order valence-electron chi connectivity index (χ2n) is 8.27. The number of guanidine groups is 1. The summed E-state index contributed by atoms with van der Waals surface area (Å²) in [5.74, 6) is 0.864. The number of hydrogen-bond donors (Lipinski definition) is 1. The third-order valence-corrected chi connectivity index (χ3v) is 6.36. The Morgan fingerprint density at radius 1 is 1.06 bits per heavy atom. The summed E-state index contributed by atoms with van der Waals surface area (Å²) in [5.41, 5.74) is 0.0240. The molecule has 3 rings (SSSR count). The minimum atomic E-state index is -4.32. The number of alkyl halides is 3. The van der Waals surface area contributed by atoms with Gasteiger partial charge in [0.2, 0.25) is 0 Å². The first kappa shape index (κ1) is 23.7. The lowest BCUT2D eigenvalue weighted by Gasteiger charge is -2.40. The van der Waals surface area contributed by atoms with Crippen molar-refractivity contribution in [2.45, 2.75) is 26.1 Å². The molecule has 0 radical (unpaired) electrons. The van der Waals surface area contributed by atoms with Crippen LogP contribution in [0.15, 0.2) is 29.3 Å². The fourth-order valence-corrected chi connectivity index (χ4v) is 4.28. The summed E-state index contributed by atoms with van der Waals surface area (Å²) in [7, 11) is 1.78. The molecule has 1 unspecified atom stereocenters. The van der Waals surface area contributed by atoms with Gasteiger partial charge in [0.25, 0.3) is 0 Å². The highest BCUT2D eigenvalue weighted by molar-refractivity contribution is 5.80. The summed E-state index contributed by atoms with van der Waals surface area (Å²) in [6.45, 7) is 13.6. The maximum atomic E-state index is 13.0. The predicted octanol–water partition coefficient (Wildman–Crippen LogP) is 2.43. The normalized spacial score (nSPS) is 20.8. The van der Waals surface area contributed by atoms with Crippen LogP contribution < -0.4 is 10.2 Å².